The van der Waals surface area contributed by atoms with Crippen molar-refractivity contribution in [2.45, 2.75) is 50.2 Å². The Labute approximate surface area is 123 Å². The second-order valence-corrected chi connectivity index (χ2v) is 5.84. The van der Waals surface area contributed by atoms with Gasteiger partial charge in [0.05, 0.1) is 5.56 Å². The third kappa shape index (κ3) is 3.77. The summed E-state index contributed by atoms with van der Waals surface area (Å²) in [5.41, 5.74) is 5.94. The summed E-state index contributed by atoms with van der Waals surface area (Å²) in [5.74, 6) is 0. The van der Waals surface area contributed by atoms with Gasteiger partial charge in [0.15, 0.2) is 0 Å². The Kier molecular flexibility index (Phi) is 4.94. The highest BCUT2D eigenvalue weighted by atomic mass is 19.4. The van der Waals surface area contributed by atoms with Crippen molar-refractivity contribution < 1.29 is 17.9 Å². The molecule has 118 valence electrons. The van der Waals surface area contributed by atoms with Gasteiger partial charge in [0.25, 0.3) is 0 Å². The first-order chi connectivity index (χ1) is 9.87. The van der Waals surface area contributed by atoms with E-state index in [9.17, 15) is 13.2 Å². The lowest BCUT2D eigenvalue weighted by atomic mass is 9.69. The summed E-state index contributed by atoms with van der Waals surface area (Å²) in [6, 6.07) is 5.69. The molecule has 2 rings (SSSR count). The summed E-state index contributed by atoms with van der Waals surface area (Å²) in [6.07, 6.45) is -1.34. The van der Waals surface area contributed by atoms with E-state index in [0.717, 1.165) is 30.9 Å². The molecule has 0 bridgehead atoms. The Morgan fingerprint density at radius 3 is 2.52 bits per heavy atom. The third-order valence-electron chi connectivity index (χ3n) is 4.43. The number of hydrogen-bond donors (Lipinski definition) is 1. The molecule has 1 aromatic carbocycles. The van der Waals surface area contributed by atoms with Gasteiger partial charge in [0.1, 0.15) is 0 Å². The first-order valence-electron chi connectivity index (χ1n) is 7.38. The van der Waals surface area contributed by atoms with Gasteiger partial charge < -0.3 is 10.5 Å². The summed E-state index contributed by atoms with van der Waals surface area (Å²) in [6.45, 7) is 3.16. The highest BCUT2D eigenvalue weighted by molar-refractivity contribution is 5.32. The highest BCUT2D eigenvalue weighted by Crippen LogP contribution is 2.41. The van der Waals surface area contributed by atoms with E-state index in [0.29, 0.717) is 19.6 Å². The van der Waals surface area contributed by atoms with Crippen LogP contribution in [0.2, 0.25) is 0 Å². The van der Waals surface area contributed by atoms with Gasteiger partial charge in [0, 0.05) is 24.7 Å². The topological polar surface area (TPSA) is 35.2 Å². The fraction of sp³-hybridized carbons (Fsp3) is 0.625. The number of nitrogens with two attached hydrogens (primary N) is 1. The lowest BCUT2D eigenvalue weighted by molar-refractivity contribution is -0.137. The zero-order valence-electron chi connectivity index (χ0n) is 12.2. The van der Waals surface area contributed by atoms with Crippen molar-refractivity contribution in [2.24, 2.45) is 5.73 Å². The molecule has 1 fully saturated rings. The van der Waals surface area contributed by atoms with Crippen LogP contribution in [0.15, 0.2) is 24.3 Å². The monoisotopic (exact) mass is 301 g/mol. The van der Waals surface area contributed by atoms with E-state index in [1.807, 2.05) is 6.92 Å². The van der Waals surface area contributed by atoms with Crippen molar-refractivity contribution in [3.05, 3.63) is 35.4 Å². The average molecular weight is 301 g/mol. The van der Waals surface area contributed by atoms with Crippen LogP contribution in [0.4, 0.5) is 13.2 Å². The minimum Gasteiger partial charge on any atom is -0.381 e. The maximum absolute atomic E-state index is 12.9. The molecule has 1 saturated heterocycles. The number of ether oxygens (including phenoxy) is 1. The van der Waals surface area contributed by atoms with E-state index in [1.165, 1.54) is 12.1 Å². The molecule has 21 heavy (non-hydrogen) atoms. The zero-order valence-corrected chi connectivity index (χ0v) is 12.2. The Bertz CT molecular complexity index is 467. The SMILES string of the molecule is CCC(N)CC1(c2cccc(C(F)(F)F)c2)CCOCC1. The lowest BCUT2D eigenvalue weighted by Crippen LogP contribution is -2.39. The summed E-state index contributed by atoms with van der Waals surface area (Å²) in [7, 11) is 0. The Hall–Kier alpha value is -1.07. The second-order valence-electron chi connectivity index (χ2n) is 5.84. The molecule has 2 N–H and O–H groups in total. The molecule has 1 aliphatic rings. The van der Waals surface area contributed by atoms with Crippen LogP contribution in [0.3, 0.4) is 0 Å². The van der Waals surface area contributed by atoms with Gasteiger partial charge in [-0.25, -0.2) is 0 Å². The number of halogens is 3. The fourth-order valence-corrected chi connectivity index (χ4v) is 3.04. The van der Waals surface area contributed by atoms with Crippen LogP contribution in [0.25, 0.3) is 0 Å². The number of rotatable bonds is 4. The Morgan fingerprint density at radius 2 is 1.95 bits per heavy atom. The molecular formula is C16H22F3NO. The Balaban J connectivity index is 2.36. The normalized spacial score (nSPS) is 20.2. The highest BCUT2D eigenvalue weighted by Gasteiger charge is 2.38. The molecule has 1 aliphatic heterocycles. The Morgan fingerprint density at radius 1 is 1.29 bits per heavy atom. The predicted molar refractivity (Wildman–Crippen MR) is 76.1 cm³/mol. The zero-order chi connectivity index (χ0) is 15.5. The molecule has 0 spiro atoms. The van der Waals surface area contributed by atoms with E-state index >= 15 is 0 Å². The molecule has 2 nitrogen and oxygen atoms in total. The quantitative estimate of drug-likeness (QED) is 0.916. The van der Waals surface area contributed by atoms with Gasteiger partial charge >= 0.3 is 6.18 Å². The van der Waals surface area contributed by atoms with E-state index in [1.54, 1.807) is 6.07 Å². The van der Waals surface area contributed by atoms with Crippen LogP contribution < -0.4 is 5.73 Å². The number of hydrogen-bond acceptors (Lipinski definition) is 2. The van der Waals surface area contributed by atoms with Crippen LogP contribution in [-0.4, -0.2) is 19.3 Å². The average Bonchev–Trinajstić information content (AvgIpc) is 2.47. The van der Waals surface area contributed by atoms with Crippen LogP contribution in [0, 0.1) is 0 Å². The van der Waals surface area contributed by atoms with E-state index in [-0.39, 0.29) is 11.5 Å². The molecule has 1 unspecified atom stereocenters. The van der Waals surface area contributed by atoms with Gasteiger partial charge in [-0.2, -0.15) is 13.2 Å². The van der Waals surface area contributed by atoms with Crippen molar-refractivity contribution in [3.63, 3.8) is 0 Å². The van der Waals surface area contributed by atoms with Gasteiger partial charge in [-0.1, -0.05) is 25.1 Å². The van der Waals surface area contributed by atoms with E-state index < -0.39 is 11.7 Å². The second kappa shape index (κ2) is 6.36. The smallest absolute Gasteiger partial charge is 0.381 e. The molecule has 0 aromatic heterocycles. The summed E-state index contributed by atoms with van der Waals surface area (Å²) < 4.78 is 44.2. The van der Waals surface area contributed by atoms with Gasteiger partial charge in [0.2, 0.25) is 0 Å². The molecule has 0 aliphatic carbocycles. The standard InChI is InChI=1S/C16H22F3NO/c1-2-14(20)11-15(6-8-21-9-7-15)12-4-3-5-13(10-12)16(17,18)19/h3-5,10,14H,2,6-9,11,20H2,1H3. The van der Waals surface area contributed by atoms with Gasteiger partial charge in [-0.05, 0) is 37.3 Å². The minimum atomic E-state index is -4.31. The molecule has 0 amide bonds. The van der Waals surface area contributed by atoms with Crippen LogP contribution in [-0.2, 0) is 16.3 Å². The minimum absolute atomic E-state index is 0.00218. The van der Waals surface area contributed by atoms with Gasteiger partial charge in [-0.3, -0.25) is 0 Å². The number of alkyl halides is 3. The number of benzene rings is 1. The first-order valence-corrected chi connectivity index (χ1v) is 7.38. The van der Waals surface area contributed by atoms with Gasteiger partial charge in [-0.15, -0.1) is 0 Å². The van der Waals surface area contributed by atoms with Crippen molar-refractivity contribution in [1.82, 2.24) is 0 Å². The van der Waals surface area contributed by atoms with Crippen molar-refractivity contribution in [1.29, 1.82) is 0 Å². The van der Waals surface area contributed by atoms with Crippen molar-refractivity contribution >= 4 is 0 Å². The molecule has 1 atom stereocenters. The molecule has 0 radical (unpaired) electrons. The third-order valence-corrected chi connectivity index (χ3v) is 4.43. The van der Waals surface area contributed by atoms with E-state index in [2.05, 4.69) is 0 Å². The predicted octanol–water partition coefficient (Wildman–Crippen LogP) is 3.88. The summed E-state index contributed by atoms with van der Waals surface area (Å²) in [5, 5.41) is 0. The first kappa shape index (κ1) is 16.3. The van der Waals surface area contributed by atoms with Crippen molar-refractivity contribution in [2.75, 3.05) is 13.2 Å². The van der Waals surface area contributed by atoms with Crippen LogP contribution in [0.1, 0.15) is 43.7 Å². The van der Waals surface area contributed by atoms with E-state index in [4.69, 9.17) is 10.5 Å². The fourth-order valence-electron chi connectivity index (χ4n) is 3.04. The van der Waals surface area contributed by atoms with Crippen LogP contribution in [0.5, 0.6) is 0 Å². The summed E-state index contributed by atoms with van der Waals surface area (Å²) in [4.78, 5) is 0. The maximum Gasteiger partial charge on any atom is 0.416 e. The molecule has 1 aromatic rings. The van der Waals surface area contributed by atoms with Crippen LogP contribution >= 0.6 is 0 Å². The lowest BCUT2D eigenvalue weighted by Gasteiger charge is -2.39. The summed E-state index contributed by atoms with van der Waals surface area (Å²) >= 11 is 0. The molecule has 5 heteroatoms. The largest absolute Gasteiger partial charge is 0.416 e. The molecule has 0 saturated carbocycles. The molecular weight excluding hydrogens is 279 g/mol. The maximum atomic E-state index is 12.9. The molecule has 1 heterocycles. The van der Waals surface area contributed by atoms with Crippen molar-refractivity contribution in [3.8, 4) is 0 Å².